The largest absolute Gasteiger partial charge is 0.356 e. The van der Waals surface area contributed by atoms with E-state index < -0.39 is 0 Å². The van der Waals surface area contributed by atoms with Gasteiger partial charge in [-0.2, -0.15) is 0 Å². The molecular formula is C12H18ClNO2. The van der Waals surface area contributed by atoms with E-state index in [4.69, 9.17) is 26.8 Å². The highest BCUT2D eigenvalue weighted by Gasteiger charge is 2.20. The number of hydrogen-bond acceptors (Lipinski definition) is 3. The Bertz CT molecular complexity index is 316. The lowest BCUT2D eigenvalue weighted by Gasteiger charge is -2.23. The topological polar surface area (TPSA) is 44.5 Å². The predicted molar refractivity (Wildman–Crippen MR) is 65.5 cm³/mol. The second-order valence-corrected chi connectivity index (χ2v) is 4.04. The molecule has 3 nitrogen and oxygen atoms in total. The Kier molecular flexibility index (Phi) is 5.77. The van der Waals surface area contributed by atoms with Crippen molar-refractivity contribution in [3.05, 3.63) is 34.9 Å². The van der Waals surface area contributed by atoms with Crippen LogP contribution in [0.1, 0.15) is 5.56 Å². The molecule has 0 aromatic heterocycles. The van der Waals surface area contributed by atoms with Crippen LogP contribution in [0, 0.1) is 5.92 Å². The highest BCUT2D eigenvalue weighted by atomic mass is 35.5. The van der Waals surface area contributed by atoms with E-state index in [1.807, 2.05) is 24.3 Å². The lowest BCUT2D eigenvalue weighted by Crippen LogP contribution is -2.32. The molecule has 2 N–H and O–H groups in total. The van der Waals surface area contributed by atoms with Crippen molar-refractivity contribution in [2.75, 3.05) is 20.8 Å². The summed E-state index contributed by atoms with van der Waals surface area (Å²) in [5, 5.41) is 0.756. The molecule has 90 valence electrons. The van der Waals surface area contributed by atoms with Crippen molar-refractivity contribution < 1.29 is 9.47 Å². The first kappa shape index (κ1) is 13.5. The third-order valence-corrected chi connectivity index (χ3v) is 2.96. The molecule has 0 saturated heterocycles. The first-order valence-corrected chi connectivity index (χ1v) is 5.59. The maximum atomic E-state index is 6.09. The summed E-state index contributed by atoms with van der Waals surface area (Å²) in [7, 11) is 3.23. The summed E-state index contributed by atoms with van der Waals surface area (Å²) in [6.07, 6.45) is 0.462. The van der Waals surface area contributed by atoms with Crippen LogP contribution in [0.15, 0.2) is 24.3 Å². The van der Waals surface area contributed by atoms with Crippen molar-refractivity contribution in [2.24, 2.45) is 11.7 Å². The monoisotopic (exact) mass is 243 g/mol. The van der Waals surface area contributed by atoms with E-state index in [0.717, 1.165) is 17.0 Å². The Morgan fingerprint density at radius 1 is 1.25 bits per heavy atom. The number of methoxy groups -OCH3 is 2. The molecule has 0 aliphatic heterocycles. The molecule has 16 heavy (non-hydrogen) atoms. The Hall–Kier alpha value is -0.610. The molecule has 1 unspecified atom stereocenters. The molecule has 0 saturated carbocycles. The van der Waals surface area contributed by atoms with Crippen molar-refractivity contribution in [1.82, 2.24) is 0 Å². The molecule has 1 aromatic carbocycles. The normalized spacial score (nSPS) is 13.1. The maximum absolute atomic E-state index is 6.09. The van der Waals surface area contributed by atoms with Gasteiger partial charge in [0.15, 0.2) is 6.29 Å². The van der Waals surface area contributed by atoms with Gasteiger partial charge in [0, 0.05) is 31.7 Å². The van der Waals surface area contributed by atoms with Crippen LogP contribution >= 0.6 is 11.6 Å². The van der Waals surface area contributed by atoms with Crippen molar-refractivity contribution in [2.45, 2.75) is 12.7 Å². The molecule has 0 bridgehead atoms. The number of benzene rings is 1. The average molecular weight is 244 g/mol. The maximum Gasteiger partial charge on any atom is 0.161 e. The fourth-order valence-electron chi connectivity index (χ4n) is 1.72. The molecule has 1 atom stereocenters. The third-order valence-electron chi connectivity index (χ3n) is 2.59. The van der Waals surface area contributed by atoms with Crippen LogP contribution in [0.25, 0.3) is 0 Å². The van der Waals surface area contributed by atoms with E-state index in [0.29, 0.717) is 6.54 Å². The Morgan fingerprint density at radius 2 is 1.88 bits per heavy atom. The summed E-state index contributed by atoms with van der Waals surface area (Å²) in [5.41, 5.74) is 6.79. The zero-order valence-electron chi connectivity index (χ0n) is 9.65. The molecule has 0 aliphatic carbocycles. The van der Waals surface area contributed by atoms with Gasteiger partial charge < -0.3 is 15.2 Å². The van der Waals surface area contributed by atoms with Crippen LogP contribution in [0.2, 0.25) is 5.02 Å². The molecule has 0 heterocycles. The van der Waals surface area contributed by atoms with E-state index in [1.54, 1.807) is 14.2 Å². The second kappa shape index (κ2) is 6.86. The summed E-state index contributed by atoms with van der Waals surface area (Å²) in [6, 6.07) is 7.74. The highest BCUT2D eigenvalue weighted by Crippen LogP contribution is 2.21. The Labute approximate surface area is 101 Å². The average Bonchev–Trinajstić information content (AvgIpc) is 2.31. The highest BCUT2D eigenvalue weighted by molar-refractivity contribution is 6.31. The first-order chi connectivity index (χ1) is 7.72. The van der Waals surface area contributed by atoms with Gasteiger partial charge in [-0.3, -0.25) is 0 Å². The predicted octanol–water partition coefficient (Wildman–Crippen LogP) is 2.08. The Balaban J connectivity index is 2.73. The molecule has 1 rings (SSSR count). The van der Waals surface area contributed by atoms with Gasteiger partial charge in [0.05, 0.1) is 0 Å². The van der Waals surface area contributed by atoms with Crippen molar-refractivity contribution in [3.63, 3.8) is 0 Å². The molecule has 4 heteroatoms. The van der Waals surface area contributed by atoms with Crippen LogP contribution in [-0.4, -0.2) is 27.1 Å². The van der Waals surface area contributed by atoms with Gasteiger partial charge in [-0.1, -0.05) is 29.8 Å². The first-order valence-electron chi connectivity index (χ1n) is 5.22. The number of rotatable bonds is 6. The third kappa shape index (κ3) is 3.46. The summed E-state index contributed by atoms with van der Waals surface area (Å²) in [4.78, 5) is 0. The van der Waals surface area contributed by atoms with Crippen LogP contribution < -0.4 is 5.73 Å². The fraction of sp³-hybridized carbons (Fsp3) is 0.500. The number of ether oxygens (including phenoxy) is 2. The molecule has 0 spiro atoms. The summed E-state index contributed by atoms with van der Waals surface area (Å²) in [6.45, 7) is 0.498. The minimum absolute atomic E-state index is 0.106. The van der Waals surface area contributed by atoms with Gasteiger partial charge in [0.2, 0.25) is 0 Å². The van der Waals surface area contributed by atoms with E-state index in [-0.39, 0.29) is 12.2 Å². The van der Waals surface area contributed by atoms with Crippen LogP contribution in [0.5, 0.6) is 0 Å². The SMILES string of the molecule is COC(OC)C(CN)Cc1ccccc1Cl. The summed E-state index contributed by atoms with van der Waals surface area (Å²) in [5.74, 6) is 0.106. The molecule has 0 fully saturated rings. The Morgan fingerprint density at radius 3 is 2.38 bits per heavy atom. The van der Waals surface area contributed by atoms with Crippen molar-refractivity contribution in [1.29, 1.82) is 0 Å². The van der Waals surface area contributed by atoms with Gasteiger partial charge in [-0.05, 0) is 18.1 Å². The summed E-state index contributed by atoms with van der Waals surface area (Å²) >= 11 is 6.09. The second-order valence-electron chi connectivity index (χ2n) is 3.63. The zero-order valence-corrected chi connectivity index (χ0v) is 10.4. The van der Waals surface area contributed by atoms with Gasteiger partial charge in [-0.25, -0.2) is 0 Å². The van der Waals surface area contributed by atoms with Gasteiger partial charge in [0.25, 0.3) is 0 Å². The van der Waals surface area contributed by atoms with Crippen molar-refractivity contribution >= 4 is 11.6 Å². The minimum Gasteiger partial charge on any atom is -0.356 e. The number of hydrogen-bond donors (Lipinski definition) is 1. The van der Waals surface area contributed by atoms with Crippen molar-refractivity contribution in [3.8, 4) is 0 Å². The lowest BCUT2D eigenvalue weighted by atomic mass is 9.99. The van der Waals surface area contributed by atoms with Gasteiger partial charge in [0.1, 0.15) is 0 Å². The molecular weight excluding hydrogens is 226 g/mol. The van der Waals surface area contributed by atoms with E-state index in [9.17, 15) is 0 Å². The van der Waals surface area contributed by atoms with Crippen LogP contribution in [-0.2, 0) is 15.9 Å². The number of halogens is 1. The van der Waals surface area contributed by atoms with Gasteiger partial charge in [-0.15, -0.1) is 0 Å². The quantitative estimate of drug-likeness (QED) is 0.778. The van der Waals surface area contributed by atoms with E-state index in [2.05, 4.69) is 0 Å². The standard InChI is InChI=1S/C12H18ClNO2/c1-15-12(16-2)10(8-14)7-9-5-3-4-6-11(9)13/h3-6,10,12H,7-8,14H2,1-2H3. The van der Waals surface area contributed by atoms with Crippen LogP contribution in [0.4, 0.5) is 0 Å². The van der Waals surface area contributed by atoms with E-state index >= 15 is 0 Å². The minimum atomic E-state index is -0.290. The molecule has 1 aromatic rings. The van der Waals surface area contributed by atoms with Gasteiger partial charge >= 0.3 is 0 Å². The molecule has 0 radical (unpaired) electrons. The van der Waals surface area contributed by atoms with E-state index in [1.165, 1.54) is 0 Å². The lowest BCUT2D eigenvalue weighted by molar-refractivity contribution is -0.134. The fourth-order valence-corrected chi connectivity index (χ4v) is 1.93. The molecule has 0 amide bonds. The molecule has 0 aliphatic rings. The van der Waals surface area contributed by atoms with Crippen LogP contribution in [0.3, 0.4) is 0 Å². The number of nitrogens with two attached hydrogens (primary N) is 1. The zero-order chi connectivity index (χ0) is 12.0. The summed E-state index contributed by atoms with van der Waals surface area (Å²) < 4.78 is 10.4. The smallest absolute Gasteiger partial charge is 0.161 e.